The van der Waals surface area contributed by atoms with Crippen molar-refractivity contribution >= 4 is 120 Å². The molecule has 16 N–H and O–H groups in total. The van der Waals surface area contributed by atoms with Crippen LogP contribution >= 0.6 is 55.9 Å². The zero-order valence-corrected chi connectivity index (χ0v) is 83.7. The third-order valence-corrected chi connectivity index (χ3v) is 29.0. The molecule has 9 rings (SSSR count). The second-order valence-corrected chi connectivity index (χ2v) is 39.7. The highest BCUT2D eigenvalue weighted by Gasteiger charge is 2.53. The lowest BCUT2D eigenvalue weighted by Gasteiger charge is -2.47. The number of ketones is 1. The SMILES string of the molecule is CCN(C(=O)OCc1ccc(NC(=O)[C@H](CCCNC(N)=O)NC(=O)[C@@H](NC(=O)[C@H](CCCCN)NC(C)=O)C(C)C)cc1)[C@H]1CO[C@@H](O[C@H]2[C@H](O[C@H]3C#C/C=C\C#C[C@]4(O)CC(=O)C(NC(=O)OC)=C3/C4=C\CSSC3CCN(C(=O)OC(C)(C)C)CC3)O[C@H](C)[C@@H](NO[C@H]3C[C@H](O)[C@H](SC(=O)c4c(C)c(I)c(O[C@@H]5O[C@@H](C)[C@H](O)[C@@H](OC)[C@H]5O)c(OC)c4OC)[C@@H](C)O3)[C@@H]2O)C[C@@H]1OC. The maximum atomic E-state index is 14.7. The number of rotatable bonds is 40. The summed E-state index contributed by atoms with van der Waals surface area (Å²) >= 11 is 2.75. The molecule has 5 fully saturated rings. The van der Waals surface area contributed by atoms with Crippen LogP contribution in [0.5, 0.6) is 17.2 Å². The number of unbranched alkanes of at least 4 members (excludes halogenated alkanes) is 1. The summed E-state index contributed by atoms with van der Waals surface area (Å²) < 4.78 is 85.6. The van der Waals surface area contributed by atoms with E-state index in [2.05, 4.69) is 61.1 Å². The standard InChI is InChI=1S/C91H130IN11O30S3/c1-17-103(89(117)125-44-52-28-30-53(31-29-52)97-80(110)57(26-24-37-95-86(94)114)98-82(112)68(46(2)3)99-81(111)56(96-51(8)104)25-21-23-36-93)58-45-124-63(42-62(58)119-12)130-77-72(108)69(101-133-64-41-59(105)79(50(7)126-64)135-83(113)65-47(4)67(92)75(78(122-15)74(65)120-13)131-84-73(109)76(121-14)71(107)49(6)128-84)48(5)127-85(77)129-61-27-20-18-19-22-35-91(118)43-60(106)70(100-87(115)123-16)66(61)55(91)34-40-134-136-54-32-38-102(39-33-54)88(116)132-90(9,10)11/h18-19,28-31,34,46,48-50,54,56-59,61-64,68-69,71-73,76-77,79,84-85,101,105,107-109,118H,17,21,23-26,32-33,36-45,93H2,1-16H3,(H,96,104)(H,97,110)(H,98,112)(H,99,111)(H,100,115)(H3,94,95,114)/b19-18-,55-34+/t48-,49+,50-,56+,57+,58+,59+,61+,62+,63+,64+,68+,69-,71+,72+,73-,76-,77-,79-,84+,85+,91+/m1/s1. The molecular formula is C91H130IN11O30S3. The van der Waals surface area contributed by atoms with E-state index in [9.17, 15) is 73.5 Å². The third kappa shape index (κ3) is 29.9. The number of aliphatic hydroxyl groups excluding tert-OH is 4. The first-order chi connectivity index (χ1) is 64.6. The Labute approximate surface area is 817 Å². The zero-order valence-electron chi connectivity index (χ0n) is 79.1. The number of piperidine rings is 1. The molecule has 22 atom stereocenters. The van der Waals surface area contributed by atoms with E-state index in [1.165, 1.54) is 63.2 Å². The van der Waals surface area contributed by atoms with Gasteiger partial charge in [0.1, 0.15) is 67.0 Å². The Kier molecular flexibility index (Phi) is 42.7. The number of likely N-dealkylation sites (N-methyl/N-ethyl adjacent to an activating group) is 1. The van der Waals surface area contributed by atoms with Crippen LogP contribution in [-0.2, 0) is 87.5 Å². The van der Waals surface area contributed by atoms with Crippen LogP contribution in [0.25, 0.3) is 0 Å². The summed E-state index contributed by atoms with van der Waals surface area (Å²) in [5.74, 6) is 8.13. The number of amides is 9. The number of methoxy groups -OCH3 is 5. The number of aliphatic hydroxyl groups is 5. The van der Waals surface area contributed by atoms with Gasteiger partial charge in [-0.1, -0.05) is 89.1 Å². The number of fused-ring (bicyclic) bond motifs is 2. The number of primary amides is 1. The Morgan fingerprint density at radius 1 is 0.787 bits per heavy atom. The van der Waals surface area contributed by atoms with Crippen molar-refractivity contribution in [2.75, 3.05) is 85.9 Å². The largest absolute Gasteiger partial charge is 0.492 e. The van der Waals surface area contributed by atoms with Crippen LogP contribution in [0.1, 0.15) is 155 Å². The highest BCUT2D eigenvalue weighted by molar-refractivity contribution is 14.1. The van der Waals surface area contributed by atoms with Crippen molar-refractivity contribution in [1.82, 2.24) is 41.9 Å². The van der Waals surface area contributed by atoms with Crippen molar-refractivity contribution in [2.45, 2.75) is 291 Å². The Morgan fingerprint density at radius 2 is 1.47 bits per heavy atom. The number of urea groups is 1. The quantitative estimate of drug-likeness (QED) is 0.0104. The Hall–Kier alpha value is -8.38. The number of likely N-dealkylation sites (tertiary alicyclic amines) is 1. The summed E-state index contributed by atoms with van der Waals surface area (Å²) in [6.07, 6.45) is -15.4. The molecule has 136 heavy (non-hydrogen) atoms. The van der Waals surface area contributed by atoms with E-state index in [1.807, 2.05) is 22.6 Å². The topological polar surface area (TPSA) is 553 Å². The maximum absolute atomic E-state index is 14.7. The predicted molar refractivity (Wildman–Crippen MR) is 507 cm³/mol. The van der Waals surface area contributed by atoms with Crippen LogP contribution in [-0.4, -0.2) is 319 Å². The molecule has 0 unspecified atom stereocenters. The number of thioether (sulfide) groups is 1. The van der Waals surface area contributed by atoms with Gasteiger partial charge in [-0.15, -0.1) is 0 Å². The number of halogens is 1. The van der Waals surface area contributed by atoms with Crippen LogP contribution in [0, 0.1) is 40.1 Å². The molecule has 7 aliphatic rings. The van der Waals surface area contributed by atoms with E-state index in [0.29, 0.717) is 60.0 Å². The van der Waals surface area contributed by atoms with Crippen molar-refractivity contribution in [3.8, 4) is 40.9 Å². The molecule has 5 aliphatic heterocycles. The summed E-state index contributed by atoms with van der Waals surface area (Å²) in [7, 11) is 9.51. The first-order valence-corrected chi connectivity index (χ1v) is 49.3. The maximum Gasteiger partial charge on any atom is 0.411 e. The average Bonchev–Trinajstić information content (AvgIpc) is 0.746. The van der Waals surface area contributed by atoms with Crippen molar-refractivity contribution in [3.63, 3.8) is 0 Å². The first-order valence-electron chi connectivity index (χ1n) is 45.0. The van der Waals surface area contributed by atoms with Crippen LogP contribution in [0.4, 0.5) is 24.9 Å². The number of hydrogen-bond donors (Lipinski definition) is 14. The summed E-state index contributed by atoms with van der Waals surface area (Å²) in [5.41, 5.74) is 11.7. The summed E-state index contributed by atoms with van der Waals surface area (Å²) in [5, 5.41) is 74.3. The van der Waals surface area contributed by atoms with Gasteiger partial charge in [-0.05, 0) is 171 Å². The van der Waals surface area contributed by atoms with Gasteiger partial charge in [-0.2, -0.15) is 5.48 Å². The van der Waals surface area contributed by atoms with Crippen LogP contribution in [0.3, 0.4) is 0 Å². The number of benzene rings is 2. The number of anilines is 1. The van der Waals surface area contributed by atoms with Gasteiger partial charge in [-0.3, -0.25) is 38.9 Å². The monoisotopic (exact) mass is 2080 g/mol. The normalized spacial score (nSPS) is 28.0. The van der Waals surface area contributed by atoms with Gasteiger partial charge in [0, 0.05) is 88.0 Å². The van der Waals surface area contributed by atoms with Crippen LogP contribution < -0.4 is 63.1 Å². The average molecular weight is 2080 g/mol. The molecule has 5 heterocycles. The van der Waals surface area contributed by atoms with E-state index in [1.54, 1.807) is 115 Å². The number of nitrogens with one attached hydrogen (secondary N) is 7. The van der Waals surface area contributed by atoms with E-state index < -0.39 is 210 Å². The Balaban J connectivity index is 0.936. The van der Waals surface area contributed by atoms with E-state index in [4.69, 9.17) is 82.6 Å². The smallest absolute Gasteiger partial charge is 0.411 e. The van der Waals surface area contributed by atoms with Crippen molar-refractivity contribution in [2.24, 2.45) is 17.4 Å². The second-order valence-electron chi connectivity index (χ2n) is 34.8. The molecule has 2 aromatic rings. The minimum absolute atomic E-state index is 0.0161. The molecule has 2 aliphatic carbocycles. The molecule has 5 saturated heterocycles. The zero-order chi connectivity index (χ0) is 99.7. The van der Waals surface area contributed by atoms with Gasteiger partial charge in [0.05, 0.1) is 97.0 Å². The van der Waals surface area contributed by atoms with Crippen LogP contribution in [0.2, 0.25) is 0 Å². The van der Waals surface area contributed by atoms with Gasteiger partial charge in [-0.25, -0.2) is 19.2 Å². The molecule has 41 nitrogen and oxygen atoms in total. The minimum Gasteiger partial charge on any atom is -0.492 e. The lowest BCUT2D eigenvalue weighted by molar-refractivity contribution is -0.337. The number of ether oxygens (including phenoxy) is 14. The number of hydrogen-bond acceptors (Lipinski definition) is 35. The number of carbonyl (C=O) groups excluding carboxylic acids is 10. The van der Waals surface area contributed by atoms with Crippen molar-refractivity contribution < 1.29 is 145 Å². The van der Waals surface area contributed by atoms with Crippen molar-refractivity contribution in [3.05, 3.63) is 79.6 Å². The number of allylic oxidation sites excluding steroid dienone is 3. The molecule has 0 aromatic heterocycles. The van der Waals surface area contributed by atoms with E-state index in [-0.39, 0.29) is 115 Å². The molecule has 2 bridgehead atoms. The lowest BCUT2D eigenvalue weighted by Crippen LogP contribution is -2.65. The molecular weight excluding hydrogens is 1950 g/mol. The summed E-state index contributed by atoms with van der Waals surface area (Å²) in [6.45, 7) is 19.2. The van der Waals surface area contributed by atoms with Gasteiger partial charge in [0.25, 0.3) is 0 Å². The molecule has 754 valence electrons. The fraction of sp³-hybridized carbons (Fsp3) is 0.648. The van der Waals surface area contributed by atoms with Gasteiger partial charge in [0.15, 0.2) is 41.8 Å². The van der Waals surface area contributed by atoms with E-state index in [0.717, 1.165) is 18.9 Å². The highest BCUT2D eigenvalue weighted by atomic mass is 127. The second kappa shape index (κ2) is 52.2. The molecule has 45 heteroatoms. The van der Waals surface area contributed by atoms with Gasteiger partial charge < -0.3 is 140 Å². The number of Topliss-reactive ketones (excluding diaryl/α,β-unsaturated/α-hetero) is 1. The van der Waals surface area contributed by atoms with Gasteiger partial charge >= 0.3 is 24.3 Å². The molecule has 0 spiro atoms. The minimum atomic E-state index is -2.23. The molecule has 0 saturated carbocycles. The Morgan fingerprint density at radius 3 is 2.10 bits per heavy atom. The third-order valence-electron chi connectivity index (χ3n) is 23.5. The molecule has 9 amide bonds. The van der Waals surface area contributed by atoms with E-state index >= 15 is 0 Å². The lowest BCUT2D eigenvalue weighted by atomic mass is 9.75. The predicted octanol–water partition coefficient (Wildman–Crippen LogP) is 5.01. The van der Waals surface area contributed by atoms with Gasteiger partial charge in [0.2, 0.25) is 40.8 Å². The highest BCUT2D eigenvalue weighted by Crippen LogP contribution is 2.50. The van der Waals surface area contributed by atoms with Crippen molar-refractivity contribution in [1.29, 1.82) is 0 Å². The van der Waals surface area contributed by atoms with Crippen LogP contribution in [0.15, 0.2) is 59.3 Å². The number of nitrogens with zero attached hydrogens (tertiary/aromatic N) is 2. The molecule has 2 aromatic carbocycles. The fourth-order valence-electron chi connectivity index (χ4n) is 16.3. The number of carbonyl (C=O) groups is 10. The number of nitrogens with two attached hydrogens (primary N) is 2. The summed E-state index contributed by atoms with van der Waals surface area (Å²) in [6, 6.07) is 0.123. The summed E-state index contributed by atoms with van der Waals surface area (Å²) in [4.78, 5) is 145. The number of hydroxylamine groups is 1. The Bertz CT molecular complexity index is 4700. The molecule has 0 radical (unpaired) electrons. The number of alkyl carbamates (subject to hydrolysis) is 1. The fourth-order valence-corrected chi connectivity index (χ4v) is 20.6. The first kappa shape index (κ1) is 111.